The Morgan fingerprint density at radius 3 is 2.43 bits per heavy atom. The monoisotopic (exact) mass is 568 g/mol. The summed E-state index contributed by atoms with van der Waals surface area (Å²) in [5.41, 5.74) is 4.48. The standard InChI is InChI=1S/C29H28N8O5/c1-2-42-28-23(15-18-12-13-21(30-16-18)19-10-6-7-11-20(19)25-34-36-37-35-25)31-26(33-28)27(39)32-22(24(38)29(40)41)14-17-8-4-3-5-9-17/h3-13,16,22,24,38H,2,14-15H2,1H3,(H,31,33)(H,32,39)(H,40,41)(H,34,35,36,37). The predicted molar refractivity (Wildman–Crippen MR) is 150 cm³/mol. The number of amides is 1. The van der Waals surface area contributed by atoms with Crippen molar-refractivity contribution >= 4 is 11.9 Å². The maximum absolute atomic E-state index is 13.1. The van der Waals surface area contributed by atoms with Gasteiger partial charge in [0.1, 0.15) is 0 Å². The SMILES string of the molecule is CCOc1nc(C(=O)NC(Cc2ccccc2)C(O)C(=O)O)[nH]c1Cc1ccc(-c2ccccc2-c2nn[nH]n2)nc1. The van der Waals surface area contributed by atoms with E-state index in [0.29, 0.717) is 24.5 Å². The maximum atomic E-state index is 13.1. The zero-order valence-corrected chi connectivity index (χ0v) is 22.6. The van der Waals surface area contributed by atoms with Gasteiger partial charge in [0.15, 0.2) is 11.9 Å². The topological polar surface area (TPSA) is 192 Å². The lowest BCUT2D eigenvalue weighted by molar-refractivity contribution is -0.148. The van der Waals surface area contributed by atoms with E-state index < -0.39 is 24.0 Å². The summed E-state index contributed by atoms with van der Waals surface area (Å²) in [4.78, 5) is 36.6. The first-order valence-corrected chi connectivity index (χ1v) is 13.2. The van der Waals surface area contributed by atoms with Crippen molar-refractivity contribution in [2.45, 2.75) is 31.9 Å². The number of tetrazole rings is 1. The van der Waals surface area contributed by atoms with Crippen LogP contribution in [-0.4, -0.2) is 76.4 Å². The van der Waals surface area contributed by atoms with E-state index >= 15 is 0 Å². The Morgan fingerprint density at radius 1 is 1.00 bits per heavy atom. The molecule has 2 aromatic carbocycles. The quantitative estimate of drug-likeness (QED) is 0.149. The zero-order valence-electron chi connectivity index (χ0n) is 22.6. The van der Waals surface area contributed by atoms with Gasteiger partial charge < -0.3 is 25.3 Å². The van der Waals surface area contributed by atoms with Crippen LogP contribution in [0.25, 0.3) is 22.6 Å². The summed E-state index contributed by atoms with van der Waals surface area (Å²) in [6.07, 6.45) is 0.350. The molecule has 0 fully saturated rings. The summed E-state index contributed by atoms with van der Waals surface area (Å²) in [5.74, 6) is -1.48. The highest BCUT2D eigenvalue weighted by Gasteiger charge is 2.29. The molecule has 0 aliphatic carbocycles. The number of ether oxygens (including phenoxy) is 1. The van der Waals surface area contributed by atoms with E-state index in [1.54, 1.807) is 37.4 Å². The van der Waals surface area contributed by atoms with Gasteiger partial charge in [-0.15, -0.1) is 10.2 Å². The third-order valence-electron chi connectivity index (χ3n) is 6.48. The average molecular weight is 569 g/mol. The molecule has 0 saturated heterocycles. The number of aliphatic carboxylic acids is 1. The van der Waals surface area contributed by atoms with E-state index in [9.17, 15) is 19.8 Å². The number of H-pyrrole nitrogens is 2. The molecule has 1 amide bonds. The maximum Gasteiger partial charge on any atom is 0.334 e. The normalized spacial score (nSPS) is 12.4. The first-order chi connectivity index (χ1) is 20.4. The summed E-state index contributed by atoms with van der Waals surface area (Å²) in [6, 6.07) is 19.3. The fourth-order valence-corrected chi connectivity index (χ4v) is 4.47. The highest BCUT2D eigenvalue weighted by atomic mass is 16.5. The number of nitrogens with zero attached hydrogens (tertiary/aromatic N) is 5. The molecule has 13 nitrogen and oxygen atoms in total. The minimum absolute atomic E-state index is 0.0669. The van der Waals surface area contributed by atoms with Gasteiger partial charge in [-0.3, -0.25) is 9.78 Å². The number of carbonyl (C=O) groups excluding carboxylic acids is 1. The molecule has 0 saturated carbocycles. The number of carbonyl (C=O) groups is 2. The molecule has 0 radical (unpaired) electrons. The number of imidazole rings is 1. The Hall–Kier alpha value is -5.43. The molecule has 5 rings (SSSR count). The second kappa shape index (κ2) is 12.8. The zero-order chi connectivity index (χ0) is 29.5. The van der Waals surface area contributed by atoms with Gasteiger partial charge in [0, 0.05) is 23.7 Å². The number of aromatic amines is 2. The van der Waals surface area contributed by atoms with Crippen LogP contribution in [0.2, 0.25) is 0 Å². The van der Waals surface area contributed by atoms with Crippen molar-refractivity contribution in [3.63, 3.8) is 0 Å². The Kier molecular flexibility index (Phi) is 8.58. The Labute approximate surface area is 240 Å². The minimum atomic E-state index is -1.82. The molecule has 0 aliphatic rings. The van der Waals surface area contributed by atoms with Gasteiger partial charge in [0.05, 0.1) is 24.0 Å². The number of hydrogen-bond acceptors (Lipinski definition) is 9. The number of carboxylic acid groups (broad SMARTS) is 1. The van der Waals surface area contributed by atoms with Gasteiger partial charge in [0.25, 0.3) is 5.91 Å². The van der Waals surface area contributed by atoms with E-state index in [1.807, 2.05) is 42.5 Å². The van der Waals surface area contributed by atoms with E-state index in [4.69, 9.17) is 4.74 Å². The van der Waals surface area contributed by atoms with Gasteiger partial charge >= 0.3 is 5.97 Å². The highest BCUT2D eigenvalue weighted by Crippen LogP contribution is 2.29. The first-order valence-electron chi connectivity index (χ1n) is 13.2. The summed E-state index contributed by atoms with van der Waals surface area (Å²) in [6.45, 7) is 2.12. The smallest absolute Gasteiger partial charge is 0.334 e. The average Bonchev–Trinajstić information content (AvgIpc) is 3.68. The number of aromatic nitrogens is 7. The van der Waals surface area contributed by atoms with E-state index in [2.05, 4.69) is 40.9 Å². The number of nitrogens with one attached hydrogen (secondary N) is 3. The number of hydrogen-bond donors (Lipinski definition) is 5. The molecule has 2 unspecified atom stereocenters. The van der Waals surface area contributed by atoms with Gasteiger partial charge in [-0.1, -0.05) is 60.7 Å². The van der Waals surface area contributed by atoms with Crippen molar-refractivity contribution in [1.82, 2.24) is 40.9 Å². The minimum Gasteiger partial charge on any atom is -0.479 e. The number of pyridine rings is 1. The summed E-state index contributed by atoms with van der Waals surface area (Å²) >= 11 is 0. The molecular formula is C29H28N8O5. The molecule has 214 valence electrons. The van der Waals surface area contributed by atoms with Crippen LogP contribution in [0.1, 0.15) is 34.4 Å². The Morgan fingerprint density at radius 2 is 1.76 bits per heavy atom. The van der Waals surface area contributed by atoms with Crippen molar-refractivity contribution in [1.29, 1.82) is 0 Å². The molecule has 2 atom stereocenters. The van der Waals surface area contributed by atoms with Crippen LogP contribution in [0, 0.1) is 0 Å². The lowest BCUT2D eigenvalue weighted by Gasteiger charge is -2.21. The fraction of sp³-hybridized carbons (Fsp3) is 0.207. The number of benzene rings is 2. The van der Waals surface area contributed by atoms with Crippen molar-refractivity contribution in [3.8, 4) is 28.5 Å². The predicted octanol–water partition coefficient (Wildman–Crippen LogP) is 2.43. The van der Waals surface area contributed by atoms with Gasteiger partial charge in [-0.05, 0) is 35.8 Å². The molecule has 42 heavy (non-hydrogen) atoms. The molecule has 5 aromatic rings. The van der Waals surface area contributed by atoms with Gasteiger partial charge in [0.2, 0.25) is 11.7 Å². The Balaban J connectivity index is 1.34. The van der Waals surface area contributed by atoms with E-state index in [1.165, 1.54) is 0 Å². The lowest BCUT2D eigenvalue weighted by atomic mass is 10.0. The number of aliphatic hydroxyl groups is 1. The highest BCUT2D eigenvalue weighted by molar-refractivity contribution is 5.91. The van der Waals surface area contributed by atoms with Gasteiger partial charge in [-0.2, -0.15) is 10.2 Å². The van der Waals surface area contributed by atoms with Crippen molar-refractivity contribution in [2.24, 2.45) is 0 Å². The molecule has 3 aromatic heterocycles. The Bertz CT molecular complexity index is 1640. The third-order valence-corrected chi connectivity index (χ3v) is 6.48. The third kappa shape index (κ3) is 6.47. The van der Waals surface area contributed by atoms with Crippen molar-refractivity contribution in [2.75, 3.05) is 6.61 Å². The molecule has 0 spiro atoms. The lowest BCUT2D eigenvalue weighted by Crippen LogP contribution is -2.48. The van der Waals surface area contributed by atoms with E-state index in [-0.39, 0.29) is 18.1 Å². The molecule has 13 heteroatoms. The second-order valence-corrected chi connectivity index (χ2v) is 9.36. The summed E-state index contributed by atoms with van der Waals surface area (Å²) in [5, 5.41) is 36.5. The number of carboxylic acids is 1. The van der Waals surface area contributed by atoms with Crippen LogP contribution < -0.4 is 10.1 Å². The number of rotatable bonds is 12. The number of aliphatic hydroxyl groups excluding tert-OH is 1. The molecular weight excluding hydrogens is 540 g/mol. The molecule has 0 aliphatic heterocycles. The van der Waals surface area contributed by atoms with Crippen LogP contribution in [-0.2, 0) is 17.6 Å². The molecule has 5 N–H and O–H groups in total. The van der Waals surface area contributed by atoms with Crippen LogP contribution in [0.15, 0.2) is 72.9 Å². The summed E-state index contributed by atoms with van der Waals surface area (Å²) < 4.78 is 5.67. The van der Waals surface area contributed by atoms with Crippen LogP contribution in [0.4, 0.5) is 0 Å². The fourth-order valence-electron chi connectivity index (χ4n) is 4.47. The van der Waals surface area contributed by atoms with Crippen LogP contribution in [0.3, 0.4) is 0 Å². The second-order valence-electron chi connectivity index (χ2n) is 9.36. The van der Waals surface area contributed by atoms with Crippen LogP contribution >= 0.6 is 0 Å². The van der Waals surface area contributed by atoms with Gasteiger partial charge in [-0.25, -0.2) is 4.79 Å². The summed E-state index contributed by atoms with van der Waals surface area (Å²) in [7, 11) is 0. The van der Waals surface area contributed by atoms with E-state index in [0.717, 1.165) is 27.9 Å². The van der Waals surface area contributed by atoms with Crippen molar-refractivity contribution < 1.29 is 24.5 Å². The first kappa shape index (κ1) is 28.1. The van der Waals surface area contributed by atoms with Crippen molar-refractivity contribution in [3.05, 3.63) is 95.6 Å². The molecule has 0 bridgehead atoms. The largest absolute Gasteiger partial charge is 0.479 e. The van der Waals surface area contributed by atoms with Crippen LogP contribution in [0.5, 0.6) is 5.88 Å². The molecule has 3 heterocycles.